The van der Waals surface area contributed by atoms with Gasteiger partial charge in [-0.15, -0.1) is 0 Å². The van der Waals surface area contributed by atoms with Crippen molar-refractivity contribution < 1.29 is 28.6 Å². The first kappa shape index (κ1) is 67.4. The number of unbranched alkanes of at least 4 members (excludes halogenated alkanes) is 37. The number of esters is 3. The van der Waals surface area contributed by atoms with Crippen LogP contribution in [0.3, 0.4) is 0 Å². The summed E-state index contributed by atoms with van der Waals surface area (Å²) in [5.41, 5.74) is 0. The van der Waals surface area contributed by atoms with Crippen molar-refractivity contribution >= 4 is 17.9 Å². The van der Waals surface area contributed by atoms with E-state index in [1.165, 1.54) is 186 Å². The zero-order valence-electron chi connectivity index (χ0n) is 46.8. The molecule has 0 aromatic heterocycles. The maximum absolute atomic E-state index is 12.9. The summed E-state index contributed by atoms with van der Waals surface area (Å²) in [4.78, 5) is 38.2. The van der Waals surface area contributed by atoms with Gasteiger partial charge in [0.05, 0.1) is 0 Å². The van der Waals surface area contributed by atoms with E-state index in [1.807, 2.05) is 0 Å². The zero-order chi connectivity index (χ0) is 50.7. The summed E-state index contributed by atoms with van der Waals surface area (Å²) in [6.45, 7) is 6.56. The van der Waals surface area contributed by atoms with Crippen LogP contribution in [-0.2, 0) is 28.6 Å². The van der Waals surface area contributed by atoms with E-state index in [0.29, 0.717) is 19.3 Å². The van der Waals surface area contributed by atoms with Gasteiger partial charge in [-0.2, -0.15) is 0 Å². The second-order valence-corrected chi connectivity index (χ2v) is 20.6. The summed E-state index contributed by atoms with van der Waals surface area (Å²) in [5.74, 6) is -0.881. The van der Waals surface area contributed by atoms with Crippen LogP contribution in [0.1, 0.15) is 323 Å². The minimum absolute atomic E-state index is 0.0785. The van der Waals surface area contributed by atoms with Crippen molar-refractivity contribution in [3.05, 3.63) is 48.6 Å². The molecule has 0 aliphatic rings. The quantitative estimate of drug-likeness (QED) is 0.0261. The van der Waals surface area contributed by atoms with Crippen LogP contribution in [0.25, 0.3) is 0 Å². The predicted octanol–water partition coefficient (Wildman–Crippen LogP) is 20.6. The normalized spacial score (nSPS) is 12.3. The van der Waals surface area contributed by atoms with Crippen molar-refractivity contribution in [3.63, 3.8) is 0 Å². The molecule has 70 heavy (non-hydrogen) atoms. The van der Waals surface area contributed by atoms with E-state index < -0.39 is 6.10 Å². The Morgan fingerprint density at radius 2 is 0.557 bits per heavy atom. The molecular formula is C64H116O6. The average molecular weight is 982 g/mol. The lowest BCUT2D eigenvalue weighted by Gasteiger charge is -2.18. The summed E-state index contributed by atoms with van der Waals surface area (Å²) in [6, 6.07) is 0. The molecule has 0 saturated heterocycles. The summed E-state index contributed by atoms with van der Waals surface area (Å²) in [7, 11) is 0. The first-order chi connectivity index (χ1) is 34.5. The van der Waals surface area contributed by atoms with Gasteiger partial charge in [0.15, 0.2) is 6.10 Å². The fourth-order valence-electron chi connectivity index (χ4n) is 9.02. The number of hydrogen-bond donors (Lipinski definition) is 0. The molecule has 408 valence electrons. The van der Waals surface area contributed by atoms with Gasteiger partial charge in [0.2, 0.25) is 0 Å². The third kappa shape index (κ3) is 56.3. The van der Waals surface area contributed by atoms with Gasteiger partial charge in [-0.1, -0.05) is 294 Å². The Morgan fingerprint density at radius 3 is 0.871 bits per heavy atom. The summed E-state index contributed by atoms with van der Waals surface area (Å²) in [5, 5.41) is 0. The number of hydrogen-bond acceptors (Lipinski definition) is 6. The average Bonchev–Trinajstić information content (AvgIpc) is 3.36. The van der Waals surface area contributed by atoms with Crippen molar-refractivity contribution in [1.29, 1.82) is 0 Å². The Morgan fingerprint density at radius 1 is 0.300 bits per heavy atom. The van der Waals surface area contributed by atoms with E-state index in [-0.39, 0.29) is 31.1 Å². The predicted molar refractivity (Wildman–Crippen MR) is 302 cm³/mol. The molecular weight excluding hydrogens is 865 g/mol. The summed E-state index contributed by atoms with van der Waals surface area (Å²) in [6.07, 6.45) is 72.5. The standard InChI is InChI=1S/C64H116O6/c1-4-7-10-13-16-19-22-25-28-30-31-32-34-36-39-42-45-48-51-54-57-63(66)69-60-61(59-68-62(65)56-53-50-47-44-41-38-35-27-24-21-18-15-12-9-6-3)70-64(67)58-55-52-49-46-43-40-37-33-29-26-23-20-17-14-11-8-5-2/h8,11,17,20,26,29,37,40,61H,4-7,9-10,12-16,18-19,21-25,27-28,30-36,38-39,41-60H2,1-3H3/b11-8-,20-17-,29-26-,40-37-. The molecule has 0 aliphatic heterocycles. The van der Waals surface area contributed by atoms with Crippen molar-refractivity contribution in [2.45, 2.75) is 329 Å². The molecule has 1 atom stereocenters. The van der Waals surface area contributed by atoms with Gasteiger partial charge in [0.25, 0.3) is 0 Å². The van der Waals surface area contributed by atoms with Gasteiger partial charge in [0.1, 0.15) is 13.2 Å². The number of rotatable bonds is 56. The van der Waals surface area contributed by atoms with Crippen molar-refractivity contribution in [1.82, 2.24) is 0 Å². The summed E-state index contributed by atoms with van der Waals surface area (Å²) < 4.78 is 16.9. The topological polar surface area (TPSA) is 78.9 Å². The van der Waals surface area contributed by atoms with E-state index in [4.69, 9.17) is 14.2 Å². The number of carbonyl (C=O) groups excluding carboxylic acids is 3. The molecule has 1 unspecified atom stereocenters. The maximum atomic E-state index is 12.9. The van der Waals surface area contributed by atoms with Gasteiger partial charge >= 0.3 is 17.9 Å². The Hall–Kier alpha value is -2.63. The van der Waals surface area contributed by atoms with Gasteiger partial charge in [-0.3, -0.25) is 14.4 Å². The highest BCUT2D eigenvalue weighted by molar-refractivity contribution is 5.71. The molecule has 0 N–H and O–H groups in total. The molecule has 0 radical (unpaired) electrons. The minimum Gasteiger partial charge on any atom is -0.462 e. The molecule has 0 amide bonds. The fraction of sp³-hybridized carbons (Fsp3) is 0.828. The van der Waals surface area contributed by atoms with Crippen LogP contribution in [0.4, 0.5) is 0 Å². The number of ether oxygens (including phenoxy) is 3. The molecule has 0 aliphatic carbocycles. The molecule has 0 aromatic carbocycles. The Bertz CT molecular complexity index is 1220. The molecule has 0 saturated carbocycles. The van der Waals surface area contributed by atoms with Crippen LogP contribution in [0, 0.1) is 0 Å². The van der Waals surface area contributed by atoms with Crippen LogP contribution >= 0.6 is 0 Å². The lowest BCUT2D eigenvalue weighted by molar-refractivity contribution is -0.167. The first-order valence-electron chi connectivity index (χ1n) is 30.6. The first-order valence-corrected chi connectivity index (χ1v) is 30.6. The maximum Gasteiger partial charge on any atom is 0.306 e. The van der Waals surface area contributed by atoms with E-state index in [1.54, 1.807) is 0 Å². The van der Waals surface area contributed by atoms with Crippen molar-refractivity contribution in [2.24, 2.45) is 0 Å². The zero-order valence-corrected chi connectivity index (χ0v) is 46.8. The van der Waals surface area contributed by atoms with E-state index in [0.717, 1.165) is 96.3 Å². The third-order valence-corrected chi connectivity index (χ3v) is 13.6. The molecule has 0 heterocycles. The lowest BCUT2D eigenvalue weighted by atomic mass is 10.0. The van der Waals surface area contributed by atoms with Crippen molar-refractivity contribution in [2.75, 3.05) is 13.2 Å². The largest absolute Gasteiger partial charge is 0.462 e. The third-order valence-electron chi connectivity index (χ3n) is 13.6. The Kier molecular flexibility index (Phi) is 56.7. The highest BCUT2D eigenvalue weighted by atomic mass is 16.6. The van der Waals surface area contributed by atoms with Gasteiger partial charge in [-0.25, -0.2) is 0 Å². The Labute approximate surface area is 435 Å². The van der Waals surface area contributed by atoms with Crippen LogP contribution < -0.4 is 0 Å². The van der Waals surface area contributed by atoms with Gasteiger partial charge in [-0.05, 0) is 57.8 Å². The van der Waals surface area contributed by atoms with Crippen LogP contribution in [-0.4, -0.2) is 37.2 Å². The molecule has 6 nitrogen and oxygen atoms in total. The van der Waals surface area contributed by atoms with E-state index in [2.05, 4.69) is 69.4 Å². The molecule has 0 fully saturated rings. The van der Waals surface area contributed by atoms with Crippen LogP contribution in [0.2, 0.25) is 0 Å². The molecule has 0 bridgehead atoms. The van der Waals surface area contributed by atoms with E-state index >= 15 is 0 Å². The fourth-order valence-corrected chi connectivity index (χ4v) is 9.02. The second kappa shape index (κ2) is 58.9. The summed E-state index contributed by atoms with van der Waals surface area (Å²) >= 11 is 0. The molecule has 0 rings (SSSR count). The molecule has 6 heteroatoms. The highest BCUT2D eigenvalue weighted by Gasteiger charge is 2.19. The lowest BCUT2D eigenvalue weighted by Crippen LogP contribution is -2.30. The van der Waals surface area contributed by atoms with Gasteiger partial charge < -0.3 is 14.2 Å². The number of carbonyl (C=O) groups is 3. The monoisotopic (exact) mass is 981 g/mol. The number of allylic oxidation sites excluding steroid dienone is 8. The van der Waals surface area contributed by atoms with Crippen LogP contribution in [0.15, 0.2) is 48.6 Å². The van der Waals surface area contributed by atoms with E-state index in [9.17, 15) is 14.4 Å². The smallest absolute Gasteiger partial charge is 0.306 e. The van der Waals surface area contributed by atoms with Crippen molar-refractivity contribution in [3.8, 4) is 0 Å². The highest BCUT2D eigenvalue weighted by Crippen LogP contribution is 2.17. The van der Waals surface area contributed by atoms with Gasteiger partial charge in [0, 0.05) is 19.3 Å². The minimum atomic E-state index is -0.783. The molecule has 0 spiro atoms. The van der Waals surface area contributed by atoms with Crippen LogP contribution in [0.5, 0.6) is 0 Å². The SMILES string of the molecule is CC/C=C\C/C=C\C/C=C\C/C=C\CCCCCCC(=O)OC(COC(=O)CCCCCCCCCCCCCCCCC)COC(=O)CCCCCCCCCCCCCCCCCCCCCC. The molecule has 0 aromatic rings. The second-order valence-electron chi connectivity index (χ2n) is 20.6. The Balaban J connectivity index is 4.35.